The van der Waals surface area contributed by atoms with Gasteiger partial charge in [0.25, 0.3) is 0 Å². The van der Waals surface area contributed by atoms with Gasteiger partial charge in [0.1, 0.15) is 0 Å². The number of anilines is 1. The van der Waals surface area contributed by atoms with Gasteiger partial charge >= 0.3 is 0 Å². The molecule has 0 radical (unpaired) electrons. The number of para-hydroxylation sites is 1. The number of aromatic nitrogens is 2. The van der Waals surface area contributed by atoms with Crippen LogP contribution in [0.5, 0.6) is 0 Å². The lowest BCUT2D eigenvalue weighted by Crippen LogP contribution is -2.44. The van der Waals surface area contributed by atoms with Crippen LogP contribution in [0.2, 0.25) is 0 Å². The molecule has 2 atom stereocenters. The third kappa shape index (κ3) is 4.20. The maximum Gasteiger partial charge on any atom is 0.241 e. The van der Waals surface area contributed by atoms with E-state index in [1.54, 1.807) is 12.5 Å². The summed E-state index contributed by atoms with van der Waals surface area (Å²) in [7, 11) is 0. The van der Waals surface area contributed by atoms with Crippen molar-refractivity contribution in [1.82, 2.24) is 14.9 Å². The maximum atomic E-state index is 12.1. The van der Waals surface area contributed by atoms with Crippen LogP contribution in [-0.2, 0) is 11.3 Å². The summed E-state index contributed by atoms with van der Waals surface area (Å²) < 4.78 is 1.99. The van der Waals surface area contributed by atoms with E-state index < -0.39 is 0 Å². The predicted molar refractivity (Wildman–Crippen MR) is 79.4 cm³/mol. The molecule has 0 saturated carbocycles. The summed E-state index contributed by atoms with van der Waals surface area (Å²) in [6, 6.07) is 9.39. The first-order chi connectivity index (χ1) is 9.65. The number of benzene rings is 1. The Bertz CT molecular complexity index is 524. The number of amides is 1. The number of rotatable bonds is 6. The molecule has 5 heteroatoms. The molecule has 1 amide bonds. The average Bonchev–Trinajstić information content (AvgIpc) is 2.92. The molecule has 0 aliphatic rings. The number of imidazole rings is 1. The van der Waals surface area contributed by atoms with Gasteiger partial charge in [-0.25, -0.2) is 4.98 Å². The highest BCUT2D eigenvalue weighted by atomic mass is 16.2. The topological polar surface area (TPSA) is 59.0 Å². The van der Waals surface area contributed by atoms with Crippen molar-refractivity contribution >= 4 is 11.6 Å². The van der Waals surface area contributed by atoms with E-state index in [2.05, 4.69) is 15.6 Å². The summed E-state index contributed by atoms with van der Waals surface area (Å²) in [5.41, 5.74) is 0.813. The fraction of sp³-hybridized carbons (Fsp3) is 0.333. The van der Waals surface area contributed by atoms with Gasteiger partial charge in [0.2, 0.25) is 5.91 Å². The Balaban J connectivity index is 1.81. The molecule has 0 aliphatic carbocycles. The zero-order valence-corrected chi connectivity index (χ0v) is 11.8. The van der Waals surface area contributed by atoms with Gasteiger partial charge in [0.05, 0.1) is 12.4 Å². The summed E-state index contributed by atoms with van der Waals surface area (Å²) in [5, 5.41) is 6.16. The highest BCUT2D eigenvalue weighted by molar-refractivity contribution is 5.94. The SMILES string of the molecule is CC(Cn1ccnc1)NC(C)C(=O)Nc1ccccc1. The van der Waals surface area contributed by atoms with Gasteiger partial charge in [-0.1, -0.05) is 18.2 Å². The minimum Gasteiger partial charge on any atom is -0.336 e. The van der Waals surface area contributed by atoms with Crippen molar-refractivity contribution in [3.63, 3.8) is 0 Å². The number of nitrogens with zero attached hydrogens (tertiary/aromatic N) is 2. The summed E-state index contributed by atoms with van der Waals surface area (Å²) in [4.78, 5) is 16.1. The minimum absolute atomic E-state index is 0.0336. The van der Waals surface area contributed by atoms with Crippen LogP contribution in [0.25, 0.3) is 0 Å². The molecular formula is C15H20N4O. The fourth-order valence-corrected chi connectivity index (χ4v) is 2.04. The van der Waals surface area contributed by atoms with E-state index in [9.17, 15) is 4.79 Å². The average molecular weight is 272 g/mol. The first-order valence-corrected chi connectivity index (χ1v) is 6.73. The first-order valence-electron chi connectivity index (χ1n) is 6.73. The van der Waals surface area contributed by atoms with Crippen molar-refractivity contribution in [2.24, 2.45) is 0 Å². The van der Waals surface area contributed by atoms with Crippen molar-refractivity contribution in [3.8, 4) is 0 Å². The van der Waals surface area contributed by atoms with Gasteiger partial charge < -0.3 is 15.2 Å². The Hall–Kier alpha value is -2.14. The van der Waals surface area contributed by atoms with Crippen LogP contribution in [0.4, 0.5) is 5.69 Å². The Morgan fingerprint density at radius 3 is 2.70 bits per heavy atom. The van der Waals surface area contributed by atoms with Crippen LogP contribution in [0.3, 0.4) is 0 Å². The van der Waals surface area contributed by atoms with Crippen LogP contribution in [0.15, 0.2) is 49.1 Å². The summed E-state index contributed by atoms with van der Waals surface area (Å²) in [6.45, 7) is 4.69. The molecule has 0 fully saturated rings. The highest BCUT2D eigenvalue weighted by Gasteiger charge is 2.15. The Kier molecular flexibility index (Phi) is 4.90. The van der Waals surface area contributed by atoms with Gasteiger partial charge in [0, 0.05) is 30.7 Å². The number of carbonyl (C=O) groups is 1. The van der Waals surface area contributed by atoms with Crippen LogP contribution in [0, 0.1) is 0 Å². The third-order valence-electron chi connectivity index (χ3n) is 3.01. The number of hydrogen-bond acceptors (Lipinski definition) is 3. The van der Waals surface area contributed by atoms with Gasteiger partial charge in [-0.2, -0.15) is 0 Å². The van der Waals surface area contributed by atoms with Gasteiger partial charge in [-0.15, -0.1) is 0 Å². The van der Waals surface area contributed by atoms with Crippen LogP contribution >= 0.6 is 0 Å². The van der Waals surface area contributed by atoms with Gasteiger partial charge in [-0.05, 0) is 26.0 Å². The number of hydrogen-bond donors (Lipinski definition) is 2. The first kappa shape index (κ1) is 14.3. The van der Waals surface area contributed by atoms with Gasteiger partial charge in [0.15, 0.2) is 0 Å². The molecule has 1 heterocycles. The van der Waals surface area contributed by atoms with Crippen LogP contribution < -0.4 is 10.6 Å². The summed E-state index contributed by atoms with van der Waals surface area (Å²) >= 11 is 0. The fourth-order valence-electron chi connectivity index (χ4n) is 2.04. The molecule has 2 rings (SSSR count). The molecular weight excluding hydrogens is 252 g/mol. The lowest BCUT2D eigenvalue weighted by atomic mass is 10.2. The van der Waals surface area contributed by atoms with E-state index in [0.29, 0.717) is 0 Å². The van der Waals surface area contributed by atoms with E-state index in [0.717, 1.165) is 12.2 Å². The second kappa shape index (κ2) is 6.86. The number of carbonyl (C=O) groups excluding carboxylic acids is 1. The highest BCUT2D eigenvalue weighted by Crippen LogP contribution is 2.05. The Labute approximate surface area is 119 Å². The molecule has 2 aromatic rings. The standard InChI is InChI=1S/C15H20N4O/c1-12(10-19-9-8-16-11-19)17-13(2)15(20)18-14-6-4-3-5-7-14/h3-9,11-13,17H,10H2,1-2H3,(H,18,20). The second-order valence-electron chi connectivity index (χ2n) is 4.90. The molecule has 2 N–H and O–H groups in total. The van der Waals surface area contributed by atoms with Crippen molar-refractivity contribution in [3.05, 3.63) is 49.1 Å². The van der Waals surface area contributed by atoms with Crippen LogP contribution in [0.1, 0.15) is 13.8 Å². The van der Waals surface area contributed by atoms with Crippen molar-refractivity contribution in [1.29, 1.82) is 0 Å². The second-order valence-corrected chi connectivity index (χ2v) is 4.90. The molecule has 20 heavy (non-hydrogen) atoms. The summed E-state index contributed by atoms with van der Waals surface area (Å²) in [5.74, 6) is -0.0336. The zero-order chi connectivity index (χ0) is 14.4. The Morgan fingerprint density at radius 1 is 1.30 bits per heavy atom. The molecule has 1 aromatic carbocycles. The van der Waals surface area contributed by atoms with E-state index >= 15 is 0 Å². The molecule has 106 valence electrons. The van der Waals surface area contributed by atoms with Crippen LogP contribution in [-0.4, -0.2) is 27.5 Å². The van der Waals surface area contributed by atoms with Crippen molar-refractivity contribution in [2.45, 2.75) is 32.5 Å². The van der Waals surface area contributed by atoms with E-state index in [-0.39, 0.29) is 18.0 Å². The molecule has 1 aromatic heterocycles. The van der Waals surface area contributed by atoms with E-state index in [1.165, 1.54) is 0 Å². The molecule has 0 spiro atoms. The third-order valence-corrected chi connectivity index (χ3v) is 3.01. The molecule has 0 saturated heterocycles. The smallest absolute Gasteiger partial charge is 0.241 e. The molecule has 0 bridgehead atoms. The lowest BCUT2D eigenvalue weighted by molar-refractivity contribution is -0.118. The minimum atomic E-state index is -0.256. The molecule has 2 unspecified atom stereocenters. The largest absolute Gasteiger partial charge is 0.336 e. The zero-order valence-electron chi connectivity index (χ0n) is 11.8. The Morgan fingerprint density at radius 2 is 2.05 bits per heavy atom. The molecule has 0 aliphatic heterocycles. The normalized spacial score (nSPS) is 13.7. The lowest BCUT2D eigenvalue weighted by Gasteiger charge is -2.20. The maximum absolute atomic E-state index is 12.1. The summed E-state index contributed by atoms with van der Waals surface area (Å²) in [6.07, 6.45) is 5.43. The quantitative estimate of drug-likeness (QED) is 0.844. The predicted octanol–water partition coefficient (Wildman–Crippen LogP) is 1.89. The number of nitrogens with one attached hydrogen (secondary N) is 2. The monoisotopic (exact) mass is 272 g/mol. The van der Waals surface area contributed by atoms with Gasteiger partial charge in [-0.3, -0.25) is 4.79 Å². The van der Waals surface area contributed by atoms with E-state index in [1.807, 2.05) is 54.9 Å². The molecule has 5 nitrogen and oxygen atoms in total. The van der Waals surface area contributed by atoms with E-state index in [4.69, 9.17) is 0 Å². The van der Waals surface area contributed by atoms with Crippen molar-refractivity contribution < 1.29 is 4.79 Å². The van der Waals surface area contributed by atoms with Crippen molar-refractivity contribution in [2.75, 3.05) is 5.32 Å².